The molecule has 26 heavy (non-hydrogen) atoms. The van der Waals surface area contributed by atoms with Crippen LogP contribution in [0.1, 0.15) is 31.7 Å². The topological polar surface area (TPSA) is 84.0 Å². The number of aromatic nitrogens is 2. The Morgan fingerprint density at radius 2 is 1.77 bits per heavy atom. The maximum atomic E-state index is 12.2. The highest BCUT2D eigenvalue weighted by atomic mass is 16.2. The largest absolute Gasteiger partial charge is 0.328 e. The Hall–Kier alpha value is -3.15. The Morgan fingerprint density at radius 1 is 1.08 bits per heavy atom. The van der Waals surface area contributed by atoms with E-state index in [0.717, 1.165) is 5.69 Å². The summed E-state index contributed by atoms with van der Waals surface area (Å²) in [6, 6.07) is 14.6. The molecule has 6 heteroatoms. The molecule has 0 bridgehead atoms. The number of H-pyrrole nitrogens is 1. The van der Waals surface area contributed by atoms with Gasteiger partial charge in [0.05, 0.1) is 10.9 Å². The highest BCUT2D eigenvalue weighted by Gasteiger charge is 2.09. The molecule has 3 rings (SSSR count). The normalized spacial score (nSPS) is 11.0. The minimum Gasteiger partial charge on any atom is -0.326 e. The predicted octanol–water partition coefficient (Wildman–Crippen LogP) is 2.84. The summed E-state index contributed by atoms with van der Waals surface area (Å²) in [5.41, 5.74) is 1.52. The van der Waals surface area contributed by atoms with Crippen LogP contribution in [0, 0.1) is 0 Å². The first-order valence-electron chi connectivity index (χ1n) is 8.57. The molecule has 0 unspecified atom stereocenters. The minimum absolute atomic E-state index is 0.127. The number of fused-ring (bicyclic) bond motifs is 1. The lowest BCUT2D eigenvalue weighted by Gasteiger charge is -2.10. The van der Waals surface area contributed by atoms with Crippen LogP contribution in [0.15, 0.2) is 58.1 Å². The zero-order chi connectivity index (χ0) is 18.7. The average Bonchev–Trinajstić information content (AvgIpc) is 2.62. The number of anilines is 1. The number of aromatic amines is 1. The van der Waals surface area contributed by atoms with Crippen LogP contribution in [0.3, 0.4) is 0 Å². The van der Waals surface area contributed by atoms with Crippen molar-refractivity contribution in [1.29, 1.82) is 0 Å². The van der Waals surface area contributed by atoms with Crippen molar-refractivity contribution in [2.75, 3.05) is 5.32 Å². The molecule has 0 spiro atoms. The number of rotatable bonds is 5. The molecule has 2 aromatic carbocycles. The van der Waals surface area contributed by atoms with Gasteiger partial charge in [0.25, 0.3) is 5.56 Å². The Bertz CT molecular complexity index is 1050. The van der Waals surface area contributed by atoms with Crippen LogP contribution < -0.4 is 16.6 Å². The third-order valence-corrected chi connectivity index (χ3v) is 4.33. The van der Waals surface area contributed by atoms with Gasteiger partial charge in [0, 0.05) is 18.7 Å². The van der Waals surface area contributed by atoms with Gasteiger partial charge in [-0.1, -0.05) is 38.1 Å². The van der Waals surface area contributed by atoms with E-state index in [1.54, 1.807) is 24.3 Å². The summed E-state index contributed by atoms with van der Waals surface area (Å²) >= 11 is 0. The van der Waals surface area contributed by atoms with Crippen LogP contribution in [0.5, 0.6) is 0 Å². The number of amides is 1. The highest BCUT2D eigenvalue weighted by Crippen LogP contribution is 2.17. The van der Waals surface area contributed by atoms with E-state index in [2.05, 4.69) is 24.1 Å². The summed E-state index contributed by atoms with van der Waals surface area (Å²) in [5.74, 6) is 0.240. The molecule has 0 atom stereocenters. The quantitative estimate of drug-likeness (QED) is 0.741. The first-order valence-corrected chi connectivity index (χ1v) is 8.57. The zero-order valence-electron chi connectivity index (χ0n) is 14.8. The lowest BCUT2D eigenvalue weighted by atomic mass is 10.0. The molecule has 0 saturated carbocycles. The number of carbonyl (C=O) groups is 1. The van der Waals surface area contributed by atoms with Crippen LogP contribution in [0.25, 0.3) is 10.9 Å². The van der Waals surface area contributed by atoms with Gasteiger partial charge in [0.1, 0.15) is 0 Å². The van der Waals surface area contributed by atoms with E-state index in [9.17, 15) is 14.4 Å². The molecule has 1 heterocycles. The molecule has 134 valence electrons. The summed E-state index contributed by atoms with van der Waals surface area (Å²) in [7, 11) is 0. The van der Waals surface area contributed by atoms with E-state index < -0.39 is 11.2 Å². The standard InChI is InChI=1S/C20H21N3O3/c1-13(2)14-7-9-15(10-8-14)21-18(24)11-12-23-17-6-4-3-5-16(17)19(25)22-20(23)26/h3-10,13H,11-12H2,1-2H3,(H,21,24)(H,22,25,26). The van der Waals surface area contributed by atoms with E-state index >= 15 is 0 Å². The van der Waals surface area contributed by atoms with Gasteiger partial charge in [-0.3, -0.25) is 19.1 Å². The van der Waals surface area contributed by atoms with Crippen LogP contribution in [0.4, 0.5) is 5.69 Å². The maximum Gasteiger partial charge on any atom is 0.328 e. The minimum atomic E-state index is -0.511. The van der Waals surface area contributed by atoms with Crippen LogP contribution >= 0.6 is 0 Å². The predicted molar refractivity (Wildman–Crippen MR) is 103 cm³/mol. The van der Waals surface area contributed by atoms with Gasteiger partial charge in [0.15, 0.2) is 0 Å². The second kappa shape index (κ2) is 7.39. The number of nitrogens with one attached hydrogen (secondary N) is 2. The molecule has 1 amide bonds. The zero-order valence-corrected chi connectivity index (χ0v) is 14.8. The molecule has 0 aliphatic heterocycles. The number of carbonyl (C=O) groups excluding carboxylic acids is 1. The van der Waals surface area contributed by atoms with Crippen molar-refractivity contribution in [2.45, 2.75) is 32.7 Å². The number of hydrogen-bond donors (Lipinski definition) is 2. The van der Waals surface area contributed by atoms with Crippen molar-refractivity contribution in [3.63, 3.8) is 0 Å². The lowest BCUT2D eigenvalue weighted by Crippen LogP contribution is -2.31. The Balaban J connectivity index is 1.73. The van der Waals surface area contributed by atoms with Gasteiger partial charge in [0.2, 0.25) is 5.91 Å². The van der Waals surface area contributed by atoms with Crippen molar-refractivity contribution in [3.8, 4) is 0 Å². The molecule has 0 saturated heterocycles. The molecular weight excluding hydrogens is 330 g/mol. The van der Waals surface area contributed by atoms with E-state index in [4.69, 9.17) is 0 Å². The molecule has 6 nitrogen and oxygen atoms in total. The second-order valence-electron chi connectivity index (χ2n) is 6.50. The van der Waals surface area contributed by atoms with Gasteiger partial charge in [-0.05, 0) is 35.7 Å². The molecule has 3 aromatic rings. The van der Waals surface area contributed by atoms with Crippen LogP contribution in [-0.2, 0) is 11.3 Å². The van der Waals surface area contributed by atoms with Crippen molar-refractivity contribution in [1.82, 2.24) is 9.55 Å². The number of nitrogens with zero attached hydrogens (tertiary/aromatic N) is 1. The van der Waals surface area contributed by atoms with Crippen LogP contribution in [-0.4, -0.2) is 15.5 Å². The van der Waals surface area contributed by atoms with Crippen molar-refractivity contribution in [2.24, 2.45) is 0 Å². The SMILES string of the molecule is CC(C)c1ccc(NC(=O)CCn2c(=O)[nH]c(=O)c3ccccc32)cc1. The fourth-order valence-electron chi connectivity index (χ4n) is 2.85. The third kappa shape index (κ3) is 3.74. The highest BCUT2D eigenvalue weighted by molar-refractivity contribution is 5.90. The number of aryl methyl sites for hydroxylation is 1. The third-order valence-electron chi connectivity index (χ3n) is 4.33. The van der Waals surface area contributed by atoms with Gasteiger partial charge < -0.3 is 5.32 Å². The Labute approximate surface area is 150 Å². The summed E-state index contributed by atoms with van der Waals surface area (Å²) in [4.78, 5) is 38.5. The lowest BCUT2D eigenvalue weighted by molar-refractivity contribution is -0.116. The second-order valence-corrected chi connectivity index (χ2v) is 6.50. The van der Waals surface area contributed by atoms with Gasteiger partial charge in [-0.2, -0.15) is 0 Å². The Kier molecular flexibility index (Phi) is 5.02. The molecule has 0 aliphatic carbocycles. The van der Waals surface area contributed by atoms with Crippen LogP contribution in [0.2, 0.25) is 0 Å². The van der Waals surface area contributed by atoms with Gasteiger partial charge >= 0.3 is 5.69 Å². The van der Waals surface area contributed by atoms with E-state index in [0.29, 0.717) is 16.8 Å². The molecule has 0 fully saturated rings. The number of para-hydroxylation sites is 1. The maximum absolute atomic E-state index is 12.2. The molecule has 0 aliphatic rings. The fraction of sp³-hybridized carbons (Fsp3) is 0.250. The first kappa shape index (κ1) is 17.7. The number of hydrogen-bond acceptors (Lipinski definition) is 3. The monoisotopic (exact) mass is 351 g/mol. The fourth-order valence-corrected chi connectivity index (χ4v) is 2.85. The molecule has 0 radical (unpaired) electrons. The van der Waals surface area contributed by atoms with Gasteiger partial charge in [-0.25, -0.2) is 4.79 Å². The first-order chi connectivity index (χ1) is 12.5. The van der Waals surface area contributed by atoms with Crippen molar-refractivity contribution >= 4 is 22.5 Å². The Morgan fingerprint density at radius 3 is 2.46 bits per heavy atom. The smallest absolute Gasteiger partial charge is 0.326 e. The summed E-state index contributed by atoms with van der Waals surface area (Å²) in [6.45, 7) is 4.41. The van der Waals surface area contributed by atoms with E-state index in [-0.39, 0.29) is 18.9 Å². The average molecular weight is 351 g/mol. The van der Waals surface area contributed by atoms with Crippen molar-refractivity contribution in [3.05, 3.63) is 74.9 Å². The van der Waals surface area contributed by atoms with Gasteiger partial charge in [-0.15, -0.1) is 0 Å². The molecule has 2 N–H and O–H groups in total. The number of benzene rings is 2. The summed E-state index contributed by atoms with van der Waals surface area (Å²) < 4.78 is 1.41. The molecule has 1 aromatic heterocycles. The summed E-state index contributed by atoms with van der Waals surface area (Å²) in [5, 5.41) is 3.26. The van der Waals surface area contributed by atoms with E-state index in [1.807, 2.05) is 24.3 Å². The van der Waals surface area contributed by atoms with E-state index in [1.165, 1.54) is 10.1 Å². The summed E-state index contributed by atoms with van der Waals surface area (Å²) in [6.07, 6.45) is 0.127. The van der Waals surface area contributed by atoms with Crippen molar-refractivity contribution < 1.29 is 4.79 Å². The molecular formula is C20H21N3O3.